The largest absolute Gasteiger partial charge is 0.466 e. The third-order valence-electron chi connectivity index (χ3n) is 4.72. The molecule has 0 aliphatic carbocycles. The third kappa shape index (κ3) is 5.49. The van der Waals surface area contributed by atoms with Gasteiger partial charge in [-0.2, -0.15) is 0 Å². The number of rotatable bonds is 6. The molecular weight excluding hydrogens is 356 g/mol. The first kappa shape index (κ1) is 19.7. The van der Waals surface area contributed by atoms with E-state index in [0.29, 0.717) is 39.1 Å². The van der Waals surface area contributed by atoms with E-state index in [1.807, 2.05) is 54.6 Å². The van der Waals surface area contributed by atoms with Crippen LogP contribution in [0.25, 0.3) is 0 Å². The van der Waals surface area contributed by atoms with Crippen molar-refractivity contribution < 1.29 is 19.1 Å². The highest BCUT2D eigenvalue weighted by Gasteiger charge is 2.28. The SMILES string of the molecule is CCOC(=O)C1CCN(C(=O)NCc2cccc(Oc3ccccc3)c2)CC1. The fraction of sp³-hybridized carbons (Fsp3) is 0.364. The van der Waals surface area contributed by atoms with E-state index < -0.39 is 0 Å². The highest BCUT2D eigenvalue weighted by molar-refractivity contribution is 5.76. The van der Waals surface area contributed by atoms with E-state index in [2.05, 4.69) is 5.32 Å². The number of likely N-dealkylation sites (tertiary alicyclic amines) is 1. The lowest BCUT2D eigenvalue weighted by molar-refractivity contribution is -0.149. The molecule has 0 spiro atoms. The van der Waals surface area contributed by atoms with Crippen molar-refractivity contribution in [2.24, 2.45) is 5.92 Å². The average molecular weight is 382 g/mol. The maximum atomic E-state index is 12.4. The van der Waals surface area contributed by atoms with Crippen LogP contribution in [0.15, 0.2) is 54.6 Å². The van der Waals surface area contributed by atoms with Gasteiger partial charge in [0.1, 0.15) is 11.5 Å². The van der Waals surface area contributed by atoms with Gasteiger partial charge in [0.25, 0.3) is 0 Å². The van der Waals surface area contributed by atoms with E-state index in [0.717, 1.165) is 17.1 Å². The molecule has 0 bridgehead atoms. The van der Waals surface area contributed by atoms with Gasteiger partial charge >= 0.3 is 12.0 Å². The van der Waals surface area contributed by atoms with Crippen LogP contribution in [0.3, 0.4) is 0 Å². The molecule has 2 aromatic rings. The molecule has 148 valence electrons. The zero-order chi connectivity index (χ0) is 19.8. The first-order chi connectivity index (χ1) is 13.7. The van der Waals surface area contributed by atoms with Gasteiger partial charge in [0.05, 0.1) is 12.5 Å². The average Bonchev–Trinajstić information content (AvgIpc) is 2.73. The fourth-order valence-electron chi connectivity index (χ4n) is 3.21. The van der Waals surface area contributed by atoms with Gasteiger partial charge in [0, 0.05) is 19.6 Å². The fourth-order valence-corrected chi connectivity index (χ4v) is 3.21. The second-order valence-corrected chi connectivity index (χ2v) is 6.73. The molecule has 6 nitrogen and oxygen atoms in total. The minimum absolute atomic E-state index is 0.101. The monoisotopic (exact) mass is 382 g/mol. The van der Waals surface area contributed by atoms with Crippen LogP contribution < -0.4 is 10.1 Å². The summed E-state index contributed by atoms with van der Waals surface area (Å²) in [5.74, 6) is 1.25. The molecule has 1 saturated heterocycles. The molecule has 1 N–H and O–H groups in total. The smallest absolute Gasteiger partial charge is 0.317 e. The van der Waals surface area contributed by atoms with E-state index >= 15 is 0 Å². The summed E-state index contributed by atoms with van der Waals surface area (Å²) in [6.07, 6.45) is 1.29. The number of ether oxygens (including phenoxy) is 2. The number of carbonyl (C=O) groups excluding carboxylic acids is 2. The number of piperidine rings is 1. The highest BCUT2D eigenvalue weighted by Crippen LogP contribution is 2.22. The first-order valence-electron chi connectivity index (χ1n) is 9.67. The molecule has 1 heterocycles. The summed E-state index contributed by atoms with van der Waals surface area (Å²) in [6.45, 7) is 3.74. The normalized spacial score (nSPS) is 14.4. The van der Waals surface area contributed by atoms with Crippen LogP contribution in [-0.2, 0) is 16.1 Å². The van der Waals surface area contributed by atoms with Crippen LogP contribution in [0.4, 0.5) is 4.79 Å². The van der Waals surface area contributed by atoms with E-state index in [4.69, 9.17) is 9.47 Å². The lowest BCUT2D eigenvalue weighted by atomic mass is 9.97. The molecule has 1 aliphatic heterocycles. The Labute approximate surface area is 165 Å². The minimum Gasteiger partial charge on any atom is -0.466 e. The lowest BCUT2D eigenvalue weighted by Crippen LogP contribution is -2.45. The van der Waals surface area contributed by atoms with Gasteiger partial charge in [0.2, 0.25) is 0 Å². The molecule has 2 amide bonds. The van der Waals surface area contributed by atoms with Crippen molar-refractivity contribution in [3.63, 3.8) is 0 Å². The number of para-hydroxylation sites is 1. The van der Waals surface area contributed by atoms with Gasteiger partial charge in [-0.15, -0.1) is 0 Å². The summed E-state index contributed by atoms with van der Waals surface area (Å²) >= 11 is 0. The number of amides is 2. The minimum atomic E-state index is -0.155. The number of hydrogen-bond acceptors (Lipinski definition) is 4. The predicted octanol–water partition coefficient (Wildman–Crippen LogP) is 3.96. The molecular formula is C22H26N2O4. The van der Waals surface area contributed by atoms with Gasteiger partial charge in [-0.25, -0.2) is 4.79 Å². The van der Waals surface area contributed by atoms with Crippen molar-refractivity contribution in [3.8, 4) is 11.5 Å². The van der Waals surface area contributed by atoms with Crippen molar-refractivity contribution >= 4 is 12.0 Å². The molecule has 1 aliphatic rings. The molecule has 0 unspecified atom stereocenters. The van der Waals surface area contributed by atoms with E-state index in [9.17, 15) is 9.59 Å². The quantitative estimate of drug-likeness (QED) is 0.768. The third-order valence-corrected chi connectivity index (χ3v) is 4.72. The molecule has 28 heavy (non-hydrogen) atoms. The predicted molar refractivity (Wildman–Crippen MR) is 106 cm³/mol. The Hall–Kier alpha value is -3.02. The Bertz CT molecular complexity index is 786. The number of hydrogen-bond donors (Lipinski definition) is 1. The summed E-state index contributed by atoms with van der Waals surface area (Å²) in [4.78, 5) is 26.0. The standard InChI is InChI=1S/C22H26N2O4/c1-2-27-21(25)18-11-13-24(14-12-18)22(26)23-16-17-7-6-10-20(15-17)28-19-8-4-3-5-9-19/h3-10,15,18H,2,11-14,16H2,1H3,(H,23,26). The van der Waals surface area contributed by atoms with Gasteiger partial charge in [-0.05, 0) is 49.6 Å². The number of nitrogens with one attached hydrogen (secondary N) is 1. The molecule has 1 fully saturated rings. The molecule has 0 saturated carbocycles. The molecule has 0 radical (unpaired) electrons. The number of nitrogens with zero attached hydrogens (tertiary/aromatic N) is 1. The van der Waals surface area contributed by atoms with Crippen LogP contribution >= 0.6 is 0 Å². The number of carbonyl (C=O) groups is 2. The Kier molecular flexibility index (Phi) is 6.89. The van der Waals surface area contributed by atoms with Crippen molar-refractivity contribution in [2.75, 3.05) is 19.7 Å². The molecule has 3 rings (SSSR count). The summed E-state index contributed by atoms with van der Waals surface area (Å²) in [6, 6.07) is 17.1. The molecule has 0 atom stereocenters. The van der Waals surface area contributed by atoms with Gasteiger partial charge < -0.3 is 19.7 Å². The topological polar surface area (TPSA) is 67.9 Å². The molecule has 6 heteroatoms. The van der Waals surface area contributed by atoms with Crippen molar-refractivity contribution in [1.29, 1.82) is 0 Å². The number of benzene rings is 2. The second-order valence-electron chi connectivity index (χ2n) is 6.73. The second kappa shape index (κ2) is 9.78. The van der Waals surface area contributed by atoms with Crippen molar-refractivity contribution in [2.45, 2.75) is 26.3 Å². The van der Waals surface area contributed by atoms with Crippen LogP contribution in [0.5, 0.6) is 11.5 Å². The maximum Gasteiger partial charge on any atom is 0.317 e. The van der Waals surface area contributed by atoms with Crippen LogP contribution in [0, 0.1) is 5.92 Å². The lowest BCUT2D eigenvalue weighted by Gasteiger charge is -2.30. The summed E-state index contributed by atoms with van der Waals surface area (Å²) < 4.78 is 10.9. The Balaban J connectivity index is 1.47. The summed E-state index contributed by atoms with van der Waals surface area (Å²) in [7, 11) is 0. The van der Waals surface area contributed by atoms with E-state index in [-0.39, 0.29) is 17.9 Å². The summed E-state index contributed by atoms with van der Waals surface area (Å²) in [5.41, 5.74) is 0.961. The zero-order valence-corrected chi connectivity index (χ0v) is 16.1. The Morgan fingerprint density at radius 3 is 2.46 bits per heavy atom. The van der Waals surface area contributed by atoms with Gasteiger partial charge in [0.15, 0.2) is 0 Å². The summed E-state index contributed by atoms with van der Waals surface area (Å²) in [5, 5.41) is 2.94. The first-order valence-corrected chi connectivity index (χ1v) is 9.67. The molecule has 0 aromatic heterocycles. The van der Waals surface area contributed by atoms with E-state index in [1.165, 1.54) is 0 Å². The van der Waals surface area contributed by atoms with Crippen LogP contribution in [0.2, 0.25) is 0 Å². The van der Waals surface area contributed by atoms with Gasteiger partial charge in [-0.3, -0.25) is 4.79 Å². The highest BCUT2D eigenvalue weighted by atomic mass is 16.5. The Morgan fingerprint density at radius 1 is 1.04 bits per heavy atom. The Morgan fingerprint density at radius 2 is 1.75 bits per heavy atom. The van der Waals surface area contributed by atoms with Crippen molar-refractivity contribution in [1.82, 2.24) is 10.2 Å². The number of urea groups is 1. The van der Waals surface area contributed by atoms with Crippen LogP contribution in [0.1, 0.15) is 25.3 Å². The maximum absolute atomic E-state index is 12.4. The van der Waals surface area contributed by atoms with Gasteiger partial charge in [-0.1, -0.05) is 30.3 Å². The zero-order valence-electron chi connectivity index (χ0n) is 16.1. The van der Waals surface area contributed by atoms with E-state index in [1.54, 1.807) is 11.8 Å². The van der Waals surface area contributed by atoms with Crippen LogP contribution in [-0.4, -0.2) is 36.6 Å². The number of esters is 1. The van der Waals surface area contributed by atoms with Crippen molar-refractivity contribution in [3.05, 3.63) is 60.2 Å². The molecule has 2 aromatic carbocycles.